The number of thiophene rings is 1. The van der Waals surface area contributed by atoms with Crippen molar-refractivity contribution in [1.82, 2.24) is 5.32 Å². The minimum absolute atomic E-state index is 0.454. The highest BCUT2D eigenvalue weighted by atomic mass is 32.2. The number of nitrogens with one attached hydrogen (secondary N) is 1. The Hall–Kier alpha value is -0.770. The van der Waals surface area contributed by atoms with Gasteiger partial charge in [-0.25, -0.2) is 0 Å². The Morgan fingerprint density at radius 3 is 2.74 bits per heavy atom. The average Bonchev–Trinajstić information content (AvgIpc) is 2.96. The maximum absolute atomic E-state index is 3.63. The van der Waals surface area contributed by atoms with Gasteiger partial charge >= 0.3 is 0 Å². The van der Waals surface area contributed by atoms with Crippen LogP contribution in [0.4, 0.5) is 0 Å². The van der Waals surface area contributed by atoms with Crippen LogP contribution in [0.3, 0.4) is 0 Å². The molecule has 0 bridgehead atoms. The van der Waals surface area contributed by atoms with Gasteiger partial charge in [-0.15, -0.1) is 23.1 Å². The summed E-state index contributed by atoms with van der Waals surface area (Å²) in [6.07, 6.45) is 4.46. The van der Waals surface area contributed by atoms with E-state index in [2.05, 4.69) is 60.3 Å². The fraction of sp³-hybridized carbons (Fsp3) is 0.375. The molecule has 0 aliphatic carbocycles. The molecule has 0 aliphatic rings. The summed E-state index contributed by atoms with van der Waals surface area (Å²) in [5.74, 6) is 0. The first-order valence-corrected chi connectivity index (χ1v) is 8.84. The first kappa shape index (κ1) is 14.6. The Labute approximate surface area is 124 Å². The fourth-order valence-corrected chi connectivity index (χ4v) is 3.70. The number of thioether (sulfide) groups is 1. The van der Waals surface area contributed by atoms with Crippen LogP contribution < -0.4 is 5.32 Å². The second kappa shape index (κ2) is 7.73. The maximum atomic E-state index is 3.63. The molecule has 102 valence electrons. The van der Waals surface area contributed by atoms with Crippen molar-refractivity contribution in [2.75, 3.05) is 12.8 Å². The summed E-state index contributed by atoms with van der Waals surface area (Å²) in [4.78, 5) is 2.86. The molecule has 1 nitrogen and oxygen atoms in total. The lowest BCUT2D eigenvalue weighted by atomic mass is 10.0. The van der Waals surface area contributed by atoms with Gasteiger partial charge in [-0.2, -0.15) is 0 Å². The summed E-state index contributed by atoms with van der Waals surface area (Å²) < 4.78 is 0. The van der Waals surface area contributed by atoms with Crippen LogP contribution in [0, 0.1) is 0 Å². The summed E-state index contributed by atoms with van der Waals surface area (Å²) in [6.45, 7) is 3.19. The lowest BCUT2D eigenvalue weighted by Gasteiger charge is -2.20. The number of hydrogen-bond donors (Lipinski definition) is 1. The molecule has 1 heterocycles. The van der Waals surface area contributed by atoms with Crippen LogP contribution in [0.2, 0.25) is 0 Å². The molecule has 0 saturated heterocycles. The number of aryl methyl sites for hydroxylation is 1. The Bertz CT molecular complexity index is 479. The standard InChI is InChI=1S/C16H21NS2/c1-3-17-15(11-10-13-7-6-12-19-13)14-8-4-5-9-16(14)18-2/h4-9,12,15,17H,3,10-11H2,1-2H3. The van der Waals surface area contributed by atoms with Crippen molar-refractivity contribution < 1.29 is 0 Å². The van der Waals surface area contributed by atoms with Crippen LogP contribution in [0.5, 0.6) is 0 Å². The van der Waals surface area contributed by atoms with Crippen molar-refractivity contribution in [3.8, 4) is 0 Å². The highest BCUT2D eigenvalue weighted by Gasteiger charge is 2.13. The molecule has 1 aromatic heterocycles. The van der Waals surface area contributed by atoms with E-state index in [4.69, 9.17) is 0 Å². The monoisotopic (exact) mass is 291 g/mol. The molecule has 1 aromatic carbocycles. The summed E-state index contributed by atoms with van der Waals surface area (Å²) in [5, 5.41) is 5.79. The Morgan fingerprint density at radius 2 is 2.05 bits per heavy atom. The van der Waals surface area contributed by atoms with Gasteiger partial charge in [0.15, 0.2) is 0 Å². The van der Waals surface area contributed by atoms with E-state index in [1.54, 1.807) is 0 Å². The van der Waals surface area contributed by atoms with Gasteiger partial charge in [0, 0.05) is 15.8 Å². The van der Waals surface area contributed by atoms with Crippen molar-refractivity contribution in [2.45, 2.75) is 30.7 Å². The molecule has 0 amide bonds. The highest BCUT2D eigenvalue weighted by molar-refractivity contribution is 7.98. The van der Waals surface area contributed by atoms with Gasteiger partial charge in [0.25, 0.3) is 0 Å². The first-order valence-electron chi connectivity index (χ1n) is 6.73. The van der Waals surface area contributed by atoms with E-state index in [0.717, 1.165) is 19.4 Å². The molecular formula is C16H21NS2. The lowest BCUT2D eigenvalue weighted by molar-refractivity contribution is 0.510. The van der Waals surface area contributed by atoms with Crippen molar-refractivity contribution in [3.05, 3.63) is 52.2 Å². The second-order valence-corrected chi connectivity index (χ2v) is 6.35. The first-order chi connectivity index (χ1) is 9.35. The fourth-order valence-electron chi connectivity index (χ4n) is 2.31. The predicted molar refractivity (Wildman–Crippen MR) is 87.3 cm³/mol. The van der Waals surface area contributed by atoms with E-state index in [-0.39, 0.29) is 0 Å². The van der Waals surface area contributed by atoms with Crippen LogP contribution in [0.1, 0.15) is 29.8 Å². The zero-order chi connectivity index (χ0) is 13.5. The van der Waals surface area contributed by atoms with Gasteiger partial charge < -0.3 is 5.32 Å². The molecule has 2 rings (SSSR count). The molecule has 19 heavy (non-hydrogen) atoms. The molecule has 0 aliphatic heterocycles. The average molecular weight is 291 g/mol. The molecule has 0 fully saturated rings. The molecule has 0 radical (unpaired) electrons. The third-order valence-electron chi connectivity index (χ3n) is 3.22. The third-order valence-corrected chi connectivity index (χ3v) is 4.97. The highest BCUT2D eigenvalue weighted by Crippen LogP contribution is 2.29. The lowest BCUT2D eigenvalue weighted by Crippen LogP contribution is -2.22. The van der Waals surface area contributed by atoms with Gasteiger partial charge in [0.1, 0.15) is 0 Å². The van der Waals surface area contributed by atoms with Crippen molar-refractivity contribution in [3.63, 3.8) is 0 Å². The van der Waals surface area contributed by atoms with E-state index in [9.17, 15) is 0 Å². The largest absolute Gasteiger partial charge is 0.310 e. The van der Waals surface area contributed by atoms with Gasteiger partial charge in [0.05, 0.1) is 0 Å². The molecule has 0 saturated carbocycles. The van der Waals surface area contributed by atoms with Crippen LogP contribution >= 0.6 is 23.1 Å². The normalized spacial score (nSPS) is 12.5. The SMILES string of the molecule is CCNC(CCc1cccs1)c1ccccc1SC. The Balaban J connectivity index is 2.10. The maximum Gasteiger partial charge on any atom is 0.0334 e. The van der Waals surface area contributed by atoms with E-state index in [1.165, 1.54) is 15.3 Å². The third kappa shape index (κ3) is 4.10. The van der Waals surface area contributed by atoms with Crippen molar-refractivity contribution >= 4 is 23.1 Å². The zero-order valence-corrected chi connectivity index (χ0v) is 13.2. The summed E-state index contributed by atoms with van der Waals surface area (Å²) in [6, 6.07) is 13.6. The molecule has 0 spiro atoms. The topological polar surface area (TPSA) is 12.0 Å². The molecule has 2 aromatic rings. The van der Waals surface area contributed by atoms with Gasteiger partial charge in [-0.3, -0.25) is 0 Å². The minimum Gasteiger partial charge on any atom is -0.310 e. The number of rotatable bonds is 7. The van der Waals surface area contributed by atoms with Crippen LogP contribution in [-0.4, -0.2) is 12.8 Å². The van der Waals surface area contributed by atoms with Gasteiger partial charge in [-0.05, 0) is 48.7 Å². The summed E-state index contributed by atoms with van der Waals surface area (Å²) >= 11 is 3.69. The molecule has 1 unspecified atom stereocenters. The van der Waals surface area contributed by atoms with E-state index in [1.807, 2.05) is 23.1 Å². The van der Waals surface area contributed by atoms with Crippen molar-refractivity contribution in [2.24, 2.45) is 0 Å². The van der Waals surface area contributed by atoms with E-state index >= 15 is 0 Å². The zero-order valence-electron chi connectivity index (χ0n) is 11.6. The minimum atomic E-state index is 0.454. The summed E-state index contributed by atoms with van der Waals surface area (Å²) in [7, 11) is 0. The van der Waals surface area contributed by atoms with Crippen molar-refractivity contribution in [1.29, 1.82) is 0 Å². The van der Waals surface area contributed by atoms with E-state index < -0.39 is 0 Å². The number of benzene rings is 1. The second-order valence-electron chi connectivity index (χ2n) is 4.47. The molecule has 1 atom stereocenters. The van der Waals surface area contributed by atoms with Gasteiger partial charge in [-0.1, -0.05) is 31.2 Å². The molecule has 3 heteroatoms. The number of hydrogen-bond acceptors (Lipinski definition) is 3. The summed E-state index contributed by atoms with van der Waals surface area (Å²) in [5.41, 5.74) is 1.44. The Kier molecular flexibility index (Phi) is 5.95. The Morgan fingerprint density at radius 1 is 1.21 bits per heavy atom. The predicted octanol–water partition coefficient (Wildman–Crippen LogP) is 4.75. The van der Waals surface area contributed by atoms with Crippen LogP contribution in [0.15, 0.2) is 46.7 Å². The molecular weight excluding hydrogens is 270 g/mol. The van der Waals surface area contributed by atoms with Crippen LogP contribution in [-0.2, 0) is 6.42 Å². The molecule has 1 N–H and O–H groups in total. The van der Waals surface area contributed by atoms with Crippen LogP contribution in [0.25, 0.3) is 0 Å². The smallest absolute Gasteiger partial charge is 0.0334 e. The van der Waals surface area contributed by atoms with Gasteiger partial charge in [0.2, 0.25) is 0 Å². The van der Waals surface area contributed by atoms with E-state index in [0.29, 0.717) is 6.04 Å². The quantitative estimate of drug-likeness (QED) is 0.739.